The summed E-state index contributed by atoms with van der Waals surface area (Å²) in [5.41, 5.74) is 0.992. The van der Waals surface area contributed by atoms with E-state index in [0.717, 1.165) is 0 Å². The number of carbonyl (C=O) groups is 1. The quantitative estimate of drug-likeness (QED) is 0.822. The number of hydrogen-bond acceptors (Lipinski definition) is 3. The number of amides is 1. The van der Waals surface area contributed by atoms with Crippen LogP contribution in [-0.2, 0) is 11.3 Å². The normalized spacial score (nSPS) is 10.7. The van der Waals surface area contributed by atoms with Crippen molar-refractivity contribution in [2.45, 2.75) is 13.5 Å². The van der Waals surface area contributed by atoms with Crippen LogP contribution in [0.3, 0.4) is 0 Å². The highest BCUT2D eigenvalue weighted by atomic mass is 35.5. The number of benzene rings is 2. The zero-order chi connectivity index (χ0) is 17.5. The van der Waals surface area contributed by atoms with E-state index in [-0.39, 0.29) is 24.8 Å². The minimum absolute atomic E-state index is 0.102. The van der Waals surface area contributed by atoms with Crippen molar-refractivity contribution in [1.29, 1.82) is 0 Å². The Labute approximate surface area is 146 Å². The Morgan fingerprint density at radius 2 is 2.00 bits per heavy atom. The maximum absolute atomic E-state index is 13.8. The Morgan fingerprint density at radius 1 is 1.25 bits per heavy atom. The summed E-state index contributed by atoms with van der Waals surface area (Å²) in [6.07, 6.45) is 0. The van der Waals surface area contributed by atoms with Crippen LogP contribution in [0.15, 0.2) is 42.5 Å². The van der Waals surface area contributed by atoms with Gasteiger partial charge >= 0.3 is 0 Å². The minimum Gasteiger partial charge on any atom is -0.492 e. The molecule has 0 saturated carbocycles. The lowest BCUT2D eigenvalue weighted by molar-refractivity contribution is -0.117. The first-order chi connectivity index (χ1) is 11.5. The van der Waals surface area contributed by atoms with Crippen LogP contribution in [0.25, 0.3) is 0 Å². The number of rotatable bonds is 7. The predicted octanol–water partition coefficient (Wildman–Crippen LogP) is 3.95. The third kappa shape index (κ3) is 4.94. The Balaban J connectivity index is 1.97. The average molecular weight is 351 g/mol. The molecule has 2 rings (SSSR count). The van der Waals surface area contributed by atoms with Gasteiger partial charge in [-0.2, -0.15) is 0 Å². The number of nitrogens with one attached hydrogen (secondary N) is 1. The van der Waals surface area contributed by atoms with Crippen LogP contribution >= 0.6 is 11.6 Å². The van der Waals surface area contributed by atoms with Crippen LogP contribution in [0.4, 0.5) is 10.1 Å². The molecular formula is C18H20ClFN2O2. The molecule has 0 fully saturated rings. The Hall–Kier alpha value is -2.11. The summed E-state index contributed by atoms with van der Waals surface area (Å²) < 4.78 is 19.3. The number of hydrogen-bond donors (Lipinski definition) is 1. The highest BCUT2D eigenvalue weighted by Gasteiger charge is 2.13. The molecule has 0 atom stereocenters. The van der Waals surface area contributed by atoms with Crippen molar-refractivity contribution >= 4 is 23.2 Å². The van der Waals surface area contributed by atoms with Crippen LogP contribution in [0, 0.1) is 5.82 Å². The molecule has 0 unspecified atom stereocenters. The van der Waals surface area contributed by atoms with Crippen molar-refractivity contribution in [1.82, 2.24) is 4.90 Å². The number of carbonyl (C=O) groups excluding carboxylic acids is 1. The fraction of sp³-hybridized carbons (Fsp3) is 0.278. The molecule has 6 heteroatoms. The van der Waals surface area contributed by atoms with E-state index < -0.39 is 0 Å². The maximum Gasteiger partial charge on any atom is 0.238 e. The molecule has 2 aromatic carbocycles. The molecule has 1 amide bonds. The Bertz CT molecular complexity index is 689. The maximum atomic E-state index is 13.8. The van der Waals surface area contributed by atoms with E-state index >= 15 is 0 Å². The molecule has 0 saturated heterocycles. The summed E-state index contributed by atoms with van der Waals surface area (Å²) in [5.74, 6) is 0.0294. The first-order valence-corrected chi connectivity index (χ1v) is 8.02. The molecule has 0 aliphatic rings. The molecule has 0 bridgehead atoms. The highest BCUT2D eigenvalue weighted by Crippen LogP contribution is 2.24. The first-order valence-electron chi connectivity index (χ1n) is 7.64. The van der Waals surface area contributed by atoms with Crippen LogP contribution in [-0.4, -0.2) is 31.0 Å². The van der Waals surface area contributed by atoms with E-state index in [0.29, 0.717) is 28.6 Å². The van der Waals surface area contributed by atoms with E-state index in [9.17, 15) is 9.18 Å². The average Bonchev–Trinajstić information content (AvgIpc) is 2.53. The van der Waals surface area contributed by atoms with Crippen LogP contribution in [0.5, 0.6) is 5.75 Å². The summed E-state index contributed by atoms with van der Waals surface area (Å²) in [4.78, 5) is 13.9. The molecule has 2 aromatic rings. The number of para-hydroxylation sites is 2. The fourth-order valence-electron chi connectivity index (χ4n) is 2.30. The summed E-state index contributed by atoms with van der Waals surface area (Å²) in [6.45, 7) is 2.74. The van der Waals surface area contributed by atoms with Crippen molar-refractivity contribution < 1.29 is 13.9 Å². The van der Waals surface area contributed by atoms with Crippen molar-refractivity contribution in [2.24, 2.45) is 0 Å². The van der Waals surface area contributed by atoms with Gasteiger partial charge in [0.25, 0.3) is 0 Å². The van der Waals surface area contributed by atoms with Gasteiger partial charge in [-0.05, 0) is 38.2 Å². The van der Waals surface area contributed by atoms with Gasteiger partial charge in [0.2, 0.25) is 5.91 Å². The van der Waals surface area contributed by atoms with Crippen molar-refractivity contribution in [3.63, 3.8) is 0 Å². The fourth-order valence-corrected chi connectivity index (χ4v) is 2.52. The van der Waals surface area contributed by atoms with E-state index in [1.54, 1.807) is 36.2 Å². The lowest BCUT2D eigenvalue weighted by atomic mass is 10.2. The summed E-state index contributed by atoms with van der Waals surface area (Å²) in [5, 5.41) is 3.16. The lowest BCUT2D eigenvalue weighted by Crippen LogP contribution is -2.30. The molecule has 4 nitrogen and oxygen atoms in total. The Morgan fingerprint density at radius 3 is 2.71 bits per heavy atom. The summed E-state index contributed by atoms with van der Waals surface area (Å²) >= 11 is 6.01. The van der Waals surface area contributed by atoms with Gasteiger partial charge in [0.1, 0.15) is 11.6 Å². The molecule has 1 N–H and O–H groups in total. The van der Waals surface area contributed by atoms with Gasteiger partial charge in [0.05, 0.1) is 18.8 Å². The van der Waals surface area contributed by atoms with E-state index in [2.05, 4.69) is 5.32 Å². The van der Waals surface area contributed by atoms with E-state index in [1.807, 2.05) is 19.1 Å². The van der Waals surface area contributed by atoms with E-state index in [4.69, 9.17) is 16.3 Å². The molecule has 24 heavy (non-hydrogen) atoms. The van der Waals surface area contributed by atoms with Crippen molar-refractivity contribution in [2.75, 3.05) is 25.5 Å². The second-order valence-corrected chi connectivity index (χ2v) is 5.76. The first kappa shape index (κ1) is 18.2. The van der Waals surface area contributed by atoms with Gasteiger partial charge in [0.15, 0.2) is 0 Å². The molecular weight excluding hydrogens is 331 g/mol. The molecule has 0 aliphatic carbocycles. The molecule has 0 aliphatic heterocycles. The minimum atomic E-state index is -0.378. The van der Waals surface area contributed by atoms with Gasteiger partial charge in [-0.3, -0.25) is 9.69 Å². The Kier molecular flexibility index (Phi) is 6.58. The molecule has 0 heterocycles. The molecule has 128 valence electrons. The number of ether oxygens (including phenoxy) is 1. The monoisotopic (exact) mass is 350 g/mol. The number of halogens is 2. The summed E-state index contributed by atoms with van der Waals surface area (Å²) in [6, 6.07) is 11.8. The van der Waals surface area contributed by atoms with Crippen LogP contribution in [0.1, 0.15) is 12.5 Å². The molecule has 0 radical (unpaired) electrons. The predicted molar refractivity (Wildman–Crippen MR) is 94.0 cm³/mol. The molecule has 0 spiro atoms. The van der Waals surface area contributed by atoms with Crippen LogP contribution < -0.4 is 10.1 Å². The van der Waals surface area contributed by atoms with Gasteiger partial charge in [0, 0.05) is 17.1 Å². The lowest BCUT2D eigenvalue weighted by Gasteiger charge is -2.18. The third-order valence-electron chi connectivity index (χ3n) is 3.36. The van der Waals surface area contributed by atoms with E-state index in [1.165, 1.54) is 6.07 Å². The third-order valence-corrected chi connectivity index (χ3v) is 3.72. The number of anilines is 1. The molecule has 0 aromatic heterocycles. The number of likely N-dealkylation sites (N-methyl/N-ethyl adjacent to an activating group) is 1. The van der Waals surface area contributed by atoms with Crippen molar-refractivity contribution in [3.05, 3.63) is 58.9 Å². The zero-order valence-corrected chi connectivity index (χ0v) is 14.4. The van der Waals surface area contributed by atoms with Crippen molar-refractivity contribution in [3.8, 4) is 5.75 Å². The summed E-state index contributed by atoms with van der Waals surface area (Å²) in [7, 11) is 1.73. The second-order valence-electron chi connectivity index (χ2n) is 5.35. The van der Waals surface area contributed by atoms with Crippen LogP contribution in [0.2, 0.25) is 5.02 Å². The van der Waals surface area contributed by atoms with Gasteiger partial charge in [-0.25, -0.2) is 4.39 Å². The van der Waals surface area contributed by atoms with Gasteiger partial charge < -0.3 is 10.1 Å². The van der Waals surface area contributed by atoms with Gasteiger partial charge in [-0.1, -0.05) is 29.8 Å². The number of nitrogens with zero attached hydrogens (tertiary/aromatic N) is 1. The van der Waals surface area contributed by atoms with Gasteiger partial charge in [-0.15, -0.1) is 0 Å². The largest absolute Gasteiger partial charge is 0.492 e. The topological polar surface area (TPSA) is 41.6 Å². The second kappa shape index (κ2) is 8.66. The smallest absolute Gasteiger partial charge is 0.238 e. The SMILES string of the molecule is CCOc1ccccc1NC(=O)CN(C)Cc1c(F)cccc1Cl. The zero-order valence-electron chi connectivity index (χ0n) is 13.7. The standard InChI is InChI=1S/C18H20ClFN2O2/c1-3-24-17-10-5-4-9-16(17)21-18(23)12-22(2)11-13-14(19)7-6-8-15(13)20/h4-10H,3,11-12H2,1-2H3,(H,21,23). The highest BCUT2D eigenvalue weighted by molar-refractivity contribution is 6.31.